The smallest absolute Gasteiger partial charge is 0.231 e. The van der Waals surface area contributed by atoms with E-state index in [1.54, 1.807) is 24.1 Å². The number of aromatic nitrogens is 2. The summed E-state index contributed by atoms with van der Waals surface area (Å²) >= 11 is 2.45. The first kappa shape index (κ1) is 23.5. The fraction of sp³-hybridized carbons (Fsp3) is 0.476. The van der Waals surface area contributed by atoms with Crippen LogP contribution in [0.15, 0.2) is 28.6 Å². The second-order valence-corrected chi connectivity index (χ2v) is 9.87. The molecule has 12 heteroatoms. The van der Waals surface area contributed by atoms with Crippen molar-refractivity contribution in [1.82, 2.24) is 15.5 Å². The van der Waals surface area contributed by atoms with E-state index in [9.17, 15) is 14.4 Å². The van der Waals surface area contributed by atoms with Gasteiger partial charge in [-0.25, -0.2) is 0 Å². The number of benzene rings is 1. The molecule has 0 unspecified atom stereocenters. The van der Waals surface area contributed by atoms with Crippen LogP contribution < -0.4 is 20.3 Å². The third-order valence-corrected chi connectivity index (χ3v) is 7.36. The van der Waals surface area contributed by atoms with Crippen LogP contribution in [0.1, 0.15) is 19.3 Å². The molecule has 0 bridgehead atoms. The molecule has 4 rings (SSSR count). The second kappa shape index (κ2) is 10.9. The topological polar surface area (TPSA) is 123 Å². The minimum absolute atomic E-state index is 0.0998. The average Bonchev–Trinajstić information content (AvgIpc) is 3.58. The standard InChI is InChI=1S/C21H25N5O5S2/c1-30-16-7-3-2-6-15(16)26-11-13(9-18(26)28)19(29)23-20-24-25-21(33-20)32-12-17(27)22-10-14-5-4-8-31-14/h2-3,6-7,13-14H,4-5,8-12H2,1H3,(H,22,27)(H,23,24,29)/t13-,14+/m0/s1. The van der Waals surface area contributed by atoms with Crippen LogP contribution in [0.4, 0.5) is 10.8 Å². The highest BCUT2D eigenvalue weighted by molar-refractivity contribution is 8.01. The van der Waals surface area contributed by atoms with Crippen molar-refractivity contribution in [3.63, 3.8) is 0 Å². The first-order valence-corrected chi connectivity index (χ1v) is 12.4. The van der Waals surface area contributed by atoms with Crippen LogP contribution in [0.3, 0.4) is 0 Å². The summed E-state index contributed by atoms with van der Waals surface area (Å²) in [4.78, 5) is 38.8. The molecule has 3 amide bonds. The highest BCUT2D eigenvalue weighted by Crippen LogP contribution is 2.33. The largest absolute Gasteiger partial charge is 0.495 e. The van der Waals surface area contributed by atoms with Gasteiger partial charge in [0.2, 0.25) is 22.9 Å². The number of hydrogen-bond acceptors (Lipinski definition) is 9. The van der Waals surface area contributed by atoms with E-state index in [1.807, 2.05) is 12.1 Å². The van der Waals surface area contributed by atoms with Crippen LogP contribution in [-0.2, 0) is 19.1 Å². The number of nitrogens with one attached hydrogen (secondary N) is 2. The number of thioether (sulfide) groups is 1. The molecule has 2 saturated heterocycles. The molecule has 2 fully saturated rings. The van der Waals surface area contributed by atoms with Gasteiger partial charge in [0.1, 0.15) is 5.75 Å². The lowest BCUT2D eigenvalue weighted by Gasteiger charge is -2.19. The summed E-state index contributed by atoms with van der Waals surface area (Å²) in [5.74, 6) is -0.245. The summed E-state index contributed by atoms with van der Waals surface area (Å²) in [5.41, 5.74) is 0.646. The van der Waals surface area contributed by atoms with Gasteiger partial charge in [-0.1, -0.05) is 35.2 Å². The molecular formula is C21H25N5O5S2. The van der Waals surface area contributed by atoms with Crippen molar-refractivity contribution in [2.24, 2.45) is 5.92 Å². The molecule has 2 aliphatic heterocycles. The summed E-state index contributed by atoms with van der Waals surface area (Å²) in [7, 11) is 1.54. The summed E-state index contributed by atoms with van der Waals surface area (Å²) in [5, 5.41) is 13.9. The molecule has 176 valence electrons. The first-order chi connectivity index (χ1) is 16.0. The van der Waals surface area contributed by atoms with Crippen molar-refractivity contribution in [1.29, 1.82) is 0 Å². The number of hydrogen-bond donors (Lipinski definition) is 2. The van der Waals surface area contributed by atoms with Gasteiger partial charge in [0.05, 0.1) is 30.6 Å². The molecule has 2 N–H and O–H groups in total. The molecule has 2 atom stereocenters. The normalized spacial score (nSPS) is 20.2. The zero-order chi connectivity index (χ0) is 23.2. The molecule has 0 radical (unpaired) electrons. The monoisotopic (exact) mass is 491 g/mol. The minimum Gasteiger partial charge on any atom is -0.495 e. The Morgan fingerprint density at radius 2 is 2.18 bits per heavy atom. The summed E-state index contributed by atoms with van der Waals surface area (Å²) in [6.07, 6.45) is 2.21. The highest BCUT2D eigenvalue weighted by Gasteiger charge is 2.36. The van der Waals surface area contributed by atoms with Gasteiger partial charge in [-0.2, -0.15) is 0 Å². The number of anilines is 2. The van der Waals surface area contributed by atoms with Gasteiger partial charge in [-0.05, 0) is 25.0 Å². The third kappa shape index (κ3) is 6.01. The zero-order valence-corrected chi connectivity index (χ0v) is 19.7. The summed E-state index contributed by atoms with van der Waals surface area (Å²) in [6, 6.07) is 7.22. The van der Waals surface area contributed by atoms with Crippen molar-refractivity contribution in [3.8, 4) is 5.75 Å². The van der Waals surface area contributed by atoms with Gasteiger partial charge in [-0.15, -0.1) is 10.2 Å². The third-order valence-electron chi connectivity index (χ3n) is 5.39. The van der Waals surface area contributed by atoms with E-state index in [-0.39, 0.29) is 42.5 Å². The summed E-state index contributed by atoms with van der Waals surface area (Å²) < 4.78 is 11.4. The van der Waals surface area contributed by atoms with E-state index >= 15 is 0 Å². The van der Waals surface area contributed by atoms with E-state index in [4.69, 9.17) is 9.47 Å². The number of rotatable bonds is 9. The van der Waals surface area contributed by atoms with Crippen molar-refractivity contribution >= 4 is 51.6 Å². The van der Waals surface area contributed by atoms with Gasteiger partial charge in [0.15, 0.2) is 4.34 Å². The maximum Gasteiger partial charge on any atom is 0.231 e. The molecule has 3 heterocycles. The molecule has 0 saturated carbocycles. The molecule has 1 aromatic heterocycles. The molecule has 1 aromatic carbocycles. The van der Waals surface area contributed by atoms with Crippen LogP contribution in [0.5, 0.6) is 5.75 Å². The van der Waals surface area contributed by atoms with Crippen LogP contribution in [0.25, 0.3) is 0 Å². The maximum absolute atomic E-state index is 12.7. The number of para-hydroxylation sites is 2. The van der Waals surface area contributed by atoms with Gasteiger partial charge in [-0.3, -0.25) is 14.4 Å². The van der Waals surface area contributed by atoms with Crippen LogP contribution in [-0.4, -0.2) is 66.6 Å². The van der Waals surface area contributed by atoms with Crippen molar-refractivity contribution in [3.05, 3.63) is 24.3 Å². The fourth-order valence-corrected chi connectivity index (χ4v) is 5.29. The number of nitrogens with zero attached hydrogens (tertiary/aromatic N) is 3. The lowest BCUT2D eigenvalue weighted by molar-refractivity contribution is -0.122. The van der Waals surface area contributed by atoms with E-state index in [1.165, 1.54) is 23.1 Å². The zero-order valence-electron chi connectivity index (χ0n) is 18.1. The Balaban J connectivity index is 1.25. The maximum atomic E-state index is 12.7. The van der Waals surface area contributed by atoms with Crippen molar-refractivity contribution < 1.29 is 23.9 Å². The Labute approximate surface area is 199 Å². The SMILES string of the molecule is COc1ccccc1N1C[C@@H](C(=O)Nc2nnc(SCC(=O)NC[C@H]3CCCO3)s2)CC1=O. The number of carbonyl (C=O) groups is 3. The van der Waals surface area contributed by atoms with E-state index in [2.05, 4.69) is 20.8 Å². The quantitative estimate of drug-likeness (QED) is 0.403. The molecule has 2 aromatic rings. The number of amides is 3. The van der Waals surface area contributed by atoms with Gasteiger partial charge in [0.25, 0.3) is 0 Å². The minimum atomic E-state index is -0.508. The predicted molar refractivity (Wildman–Crippen MR) is 125 cm³/mol. The number of methoxy groups -OCH3 is 1. The lowest BCUT2D eigenvalue weighted by atomic mass is 10.1. The number of ether oxygens (including phenoxy) is 2. The molecule has 0 aliphatic carbocycles. The van der Waals surface area contributed by atoms with Crippen molar-refractivity contribution in [2.75, 3.05) is 42.8 Å². The van der Waals surface area contributed by atoms with Gasteiger partial charge < -0.3 is 25.0 Å². The highest BCUT2D eigenvalue weighted by atomic mass is 32.2. The molecule has 33 heavy (non-hydrogen) atoms. The Morgan fingerprint density at radius 1 is 1.33 bits per heavy atom. The Morgan fingerprint density at radius 3 is 2.97 bits per heavy atom. The van der Waals surface area contributed by atoms with E-state index in [0.29, 0.717) is 27.5 Å². The molecule has 10 nitrogen and oxygen atoms in total. The Hall–Kier alpha value is -2.70. The Bertz CT molecular complexity index is 1010. The average molecular weight is 492 g/mol. The van der Waals surface area contributed by atoms with Gasteiger partial charge in [0, 0.05) is 26.1 Å². The Kier molecular flexibility index (Phi) is 7.78. The van der Waals surface area contributed by atoms with E-state index < -0.39 is 5.92 Å². The summed E-state index contributed by atoms with van der Waals surface area (Å²) in [6.45, 7) is 1.53. The molecule has 2 aliphatic rings. The second-order valence-electron chi connectivity index (χ2n) is 7.67. The first-order valence-electron chi connectivity index (χ1n) is 10.6. The number of carbonyl (C=O) groups excluding carboxylic acids is 3. The predicted octanol–water partition coefficient (Wildman–Crippen LogP) is 1.93. The van der Waals surface area contributed by atoms with E-state index in [0.717, 1.165) is 19.4 Å². The van der Waals surface area contributed by atoms with Crippen LogP contribution >= 0.6 is 23.1 Å². The fourth-order valence-electron chi connectivity index (χ4n) is 3.71. The van der Waals surface area contributed by atoms with Crippen LogP contribution in [0.2, 0.25) is 0 Å². The molecule has 0 spiro atoms. The van der Waals surface area contributed by atoms with Crippen LogP contribution in [0, 0.1) is 5.92 Å². The lowest BCUT2D eigenvalue weighted by Crippen LogP contribution is -2.32. The molecular weight excluding hydrogens is 466 g/mol. The van der Waals surface area contributed by atoms with Gasteiger partial charge >= 0.3 is 0 Å². The van der Waals surface area contributed by atoms with Crippen molar-refractivity contribution in [2.45, 2.75) is 29.7 Å².